The van der Waals surface area contributed by atoms with E-state index in [0.29, 0.717) is 6.61 Å². The molecule has 5 nitrogen and oxygen atoms in total. The molecule has 0 atom stereocenters. The normalized spacial score (nSPS) is 17.8. The second kappa shape index (κ2) is 8.19. The maximum absolute atomic E-state index is 11.5. The first kappa shape index (κ1) is 19.0. The molecule has 0 bridgehead atoms. The summed E-state index contributed by atoms with van der Waals surface area (Å²) in [7, 11) is 4.06. The third-order valence-corrected chi connectivity index (χ3v) is 4.07. The van der Waals surface area contributed by atoms with Crippen molar-refractivity contribution in [1.29, 1.82) is 0 Å². The largest absolute Gasteiger partial charge is 0.465 e. The van der Waals surface area contributed by atoms with Gasteiger partial charge in [0, 0.05) is 36.9 Å². The van der Waals surface area contributed by atoms with Crippen LogP contribution in [0, 0.1) is 5.41 Å². The molecule has 0 saturated heterocycles. The third-order valence-electron chi connectivity index (χ3n) is 4.07. The number of nitrogens with one attached hydrogen (secondary N) is 1. The van der Waals surface area contributed by atoms with E-state index < -0.39 is 0 Å². The van der Waals surface area contributed by atoms with Gasteiger partial charge in [-0.3, -0.25) is 9.79 Å². The summed E-state index contributed by atoms with van der Waals surface area (Å²) in [5, 5.41) is 3.49. The molecule has 0 saturated carbocycles. The first-order valence-corrected chi connectivity index (χ1v) is 8.73. The molecule has 25 heavy (non-hydrogen) atoms. The molecule has 0 unspecified atom stereocenters. The highest BCUT2D eigenvalue weighted by Gasteiger charge is 2.26. The number of hydrogen-bond acceptors (Lipinski definition) is 5. The van der Waals surface area contributed by atoms with Crippen molar-refractivity contribution in [2.24, 2.45) is 10.4 Å². The molecule has 0 aromatic heterocycles. The van der Waals surface area contributed by atoms with E-state index in [-0.39, 0.29) is 17.9 Å². The van der Waals surface area contributed by atoms with E-state index in [2.05, 4.69) is 59.4 Å². The molecule has 0 spiro atoms. The summed E-state index contributed by atoms with van der Waals surface area (Å²) in [6.07, 6.45) is 3.86. The summed E-state index contributed by atoms with van der Waals surface area (Å²) in [6.45, 7) is 6.72. The number of aliphatic imine (C=N–C) groups is 1. The lowest BCUT2D eigenvalue weighted by molar-refractivity contribution is -0.141. The van der Waals surface area contributed by atoms with E-state index in [1.165, 1.54) is 5.69 Å². The maximum atomic E-state index is 11.5. The molecule has 0 aliphatic heterocycles. The van der Waals surface area contributed by atoms with E-state index in [1.54, 1.807) is 6.92 Å². The molecule has 0 radical (unpaired) electrons. The van der Waals surface area contributed by atoms with Crippen molar-refractivity contribution in [2.45, 2.75) is 33.6 Å². The van der Waals surface area contributed by atoms with Crippen molar-refractivity contribution in [2.75, 3.05) is 37.5 Å². The fourth-order valence-electron chi connectivity index (χ4n) is 2.95. The smallest absolute Gasteiger partial charge is 0.327 e. The molecule has 1 aliphatic rings. The monoisotopic (exact) mass is 343 g/mol. The highest BCUT2D eigenvalue weighted by molar-refractivity contribution is 5.98. The van der Waals surface area contributed by atoms with Crippen molar-refractivity contribution in [3.8, 4) is 0 Å². The number of anilines is 2. The van der Waals surface area contributed by atoms with Gasteiger partial charge in [-0.05, 0) is 55.5 Å². The van der Waals surface area contributed by atoms with E-state index in [9.17, 15) is 4.79 Å². The van der Waals surface area contributed by atoms with Gasteiger partial charge in [-0.1, -0.05) is 13.8 Å². The summed E-state index contributed by atoms with van der Waals surface area (Å²) >= 11 is 0. The van der Waals surface area contributed by atoms with Crippen LogP contribution in [0.1, 0.15) is 33.6 Å². The second-order valence-corrected chi connectivity index (χ2v) is 7.37. The average molecular weight is 343 g/mol. The molecule has 0 heterocycles. The quantitative estimate of drug-likeness (QED) is 0.797. The summed E-state index contributed by atoms with van der Waals surface area (Å²) in [4.78, 5) is 18.1. The summed E-state index contributed by atoms with van der Waals surface area (Å²) in [6, 6.07) is 8.33. The predicted molar refractivity (Wildman–Crippen MR) is 104 cm³/mol. The first-order valence-electron chi connectivity index (χ1n) is 8.73. The van der Waals surface area contributed by atoms with Crippen LogP contribution in [0.25, 0.3) is 0 Å². The Labute approximate surface area is 150 Å². The number of ether oxygens (including phenoxy) is 1. The number of carbonyl (C=O) groups is 1. The lowest BCUT2D eigenvalue weighted by Crippen LogP contribution is -2.25. The van der Waals surface area contributed by atoms with Gasteiger partial charge in [-0.25, -0.2) is 0 Å². The Balaban J connectivity index is 2.11. The molecule has 1 aromatic rings. The number of rotatable bonds is 6. The van der Waals surface area contributed by atoms with E-state index >= 15 is 0 Å². The van der Waals surface area contributed by atoms with Crippen LogP contribution in [0.5, 0.6) is 0 Å². The van der Waals surface area contributed by atoms with Crippen molar-refractivity contribution in [3.05, 3.63) is 36.0 Å². The van der Waals surface area contributed by atoms with E-state index in [1.807, 2.05) is 14.1 Å². The molecule has 2 rings (SSSR count). The minimum atomic E-state index is -0.277. The Morgan fingerprint density at radius 3 is 2.52 bits per heavy atom. The summed E-state index contributed by atoms with van der Waals surface area (Å²) < 4.78 is 4.95. The van der Waals surface area contributed by atoms with E-state index in [0.717, 1.165) is 29.9 Å². The molecule has 136 valence electrons. The molecule has 1 aliphatic carbocycles. The van der Waals surface area contributed by atoms with Gasteiger partial charge >= 0.3 is 5.97 Å². The zero-order chi connectivity index (χ0) is 18.4. The second-order valence-electron chi connectivity index (χ2n) is 7.37. The zero-order valence-corrected chi connectivity index (χ0v) is 15.9. The molecule has 1 N–H and O–H groups in total. The predicted octanol–water partition coefficient (Wildman–Crippen LogP) is 3.87. The van der Waals surface area contributed by atoms with Gasteiger partial charge in [0.1, 0.15) is 6.54 Å². The van der Waals surface area contributed by atoms with Crippen LogP contribution < -0.4 is 10.2 Å². The van der Waals surface area contributed by atoms with Gasteiger partial charge in [-0.2, -0.15) is 0 Å². The van der Waals surface area contributed by atoms with Gasteiger partial charge in [0.2, 0.25) is 0 Å². The number of hydrogen-bond donors (Lipinski definition) is 1. The SMILES string of the molecule is CCOC(=O)CN=C1C=C(Nc2ccc(N(C)C)cc2)CC(C)(C)C1. The molecule has 5 heteroatoms. The molecular formula is C20H29N3O2. The van der Waals surface area contributed by atoms with Gasteiger partial charge in [0.25, 0.3) is 0 Å². The lowest BCUT2D eigenvalue weighted by atomic mass is 9.78. The van der Waals surface area contributed by atoms with E-state index in [4.69, 9.17) is 4.74 Å². The fourth-order valence-corrected chi connectivity index (χ4v) is 2.95. The summed E-state index contributed by atoms with van der Waals surface area (Å²) in [5.74, 6) is -0.277. The number of allylic oxidation sites excluding steroid dienone is 2. The van der Waals surface area contributed by atoms with Crippen molar-refractivity contribution in [3.63, 3.8) is 0 Å². The van der Waals surface area contributed by atoms with Gasteiger partial charge in [-0.15, -0.1) is 0 Å². The van der Waals surface area contributed by atoms with Crippen molar-refractivity contribution < 1.29 is 9.53 Å². The standard InChI is InChI=1S/C20H29N3O2/c1-6-25-19(24)14-21-16-11-17(13-20(2,3)12-16)22-15-7-9-18(10-8-15)23(4)5/h7-11,22H,6,12-14H2,1-5H3. The fraction of sp³-hybridized carbons (Fsp3) is 0.500. The third kappa shape index (κ3) is 5.93. The minimum Gasteiger partial charge on any atom is -0.465 e. The zero-order valence-electron chi connectivity index (χ0n) is 15.9. The topological polar surface area (TPSA) is 53.9 Å². The van der Waals surface area contributed by atoms with Crippen molar-refractivity contribution >= 4 is 23.1 Å². The van der Waals surface area contributed by atoms with Crippen molar-refractivity contribution in [1.82, 2.24) is 0 Å². The van der Waals surface area contributed by atoms with Gasteiger partial charge in [0.15, 0.2) is 0 Å². The van der Waals surface area contributed by atoms with Crippen LogP contribution in [0.2, 0.25) is 0 Å². The number of benzene rings is 1. The van der Waals surface area contributed by atoms with Crippen LogP contribution in [-0.2, 0) is 9.53 Å². The Kier molecular flexibility index (Phi) is 6.23. The molecule has 0 amide bonds. The van der Waals surface area contributed by atoms with Crippen LogP contribution in [0.15, 0.2) is 41.0 Å². The number of nitrogens with zero attached hydrogens (tertiary/aromatic N) is 2. The molecular weight excluding hydrogens is 314 g/mol. The van der Waals surface area contributed by atoms with Crippen LogP contribution >= 0.6 is 0 Å². The minimum absolute atomic E-state index is 0.0839. The number of carbonyl (C=O) groups excluding carboxylic acids is 1. The average Bonchev–Trinajstić information content (AvgIpc) is 2.52. The lowest BCUT2D eigenvalue weighted by Gasteiger charge is -2.31. The number of esters is 1. The van der Waals surface area contributed by atoms with Gasteiger partial charge in [0.05, 0.1) is 6.61 Å². The molecule has 0 fully saturated rings. The first-order chi connectivity index (χ1) is 11.8. The highest BCUT2D eigenvalue weighted by Crippen LogP contribution is 2.34. The molecule has 1 aromatic carbocycles. The van der Waals surface area contributed by atoms with Crippen LogP contribution in [-0.4, -0.2) is 38.9 Å². The Morgan fingerprint density at radius 2 is 1.92 bits per heavy atom. The maximum Gasteiger partial charge on any atom is 0.327 e. The van der Waals surface area contributed by atoms with Crippen LogP contribution in [0.3, 0.4) is 0 Å². The van der Waals surface area contributed by atoms with Gasteiger partial charge < -0.3 is 15.0 Å². The Bertz CT molecular complexity index is 658. The van der Waals surface area contributed by atoms with Crippen LogP contribution in [0.4, 0.5) is 11.4 Å². The Hall–Kier alpha value is -2.30. The Morgan fingerprint density at radius 1 is 1.24 bits per heavy atom. The summed E-state index contributed by atoms with van der Waals surface area (Å²) in [5.41, 5.74) is 4.39. The highest BCUT2D eigenvalue weighted by atomic mass is 16.5.